The normalized spacial score (nSPS) is 11.6. The van der Waals surface area contributed by atoms with E-state index >= 15 is 0 Å². The third-order valence-electron chi connectivity index (χ3n) is 1.54. The van der Waals surface area contributed by atoms with Gasteiger partial charge in [0.25, 0.3) is 0 Å². The molecule has 0 bridgehead atoms. The SMILES string of the molecule is C=C/C(=C\C=C(C)C)C(C)C#N.CC. The predicted octanol–water partition coefficient (Wildman–Crippen LogP) is 4.25. The van der Waals surface area contributed by atoms with Gasteiger partial charge in [-0.25, -0.2) is 0 Å². The summed E-state index contributed by atoms with van der Waals surface area (Å²) in [6.07, 6.45) is 5.66. The molecule has 0 amide bonds. The molecule has 0 radical (unpaired) electrons. The van der Waals surface area contributed by atoms with Crippen molar-refractivity contribution in [2.75, 3.05) is 0 Å². The molecule has 0 aliphatic rings. The van der Waals surface area contributed by atoms with Gasteiger partial charge in [-0.3, -0.25) is 0 Å². The first kappa shape index (κ1) is 15.2. The van der Waals surface area contributed by atoms with Crippen molar-refractivity contribution in [3.05, 3.63) is 36.0 Å². The standard InChI is InChI=1S/C11H15N.C2H6/c1-5-11(10(4)8-12)7-6-9(2)3;1-2/h5-7,10H,1H2,2-4H3;1-2H3/b11-7+;. The molecule has 1 unspecified atom stereocenters. The quantitative estimate of drug-likeness (QED) is 0.612. The van der Waals surface area contributed by atoms with Gasteiger partial charge in [0.05, 0.1) is 12.0 Å². The lowest BCUT2D eigenvalue weighted by molar-refractivity contribution is 0.908. The summed E-state index contributed by atoms with van der Waals surface area (Å²) in [4.78, 5) is 0. The second-order valence-corrected chi connectivity index (χ2v) is 2.97. The average molecular weight is 191 g/mol. The first-order chi connectivity index (χ1) is 6.61. The molecule has 0 saturated heterocycles. The Balaban J connectivity index is 0. The molecule has 0 aliphatic carbocycles. The lowest BCUT2D eigenvalue weighted by atomic mass is 10.0. The van der Waals surface area contributed by atoms with Crippen LogP contribution in [0.25, 0.3) is 0 Å². The highest BCUT2D eigenvalue weighted by atomic mass is 14.3. The number of nitriles is 1. The molecule has 0 aliphatic heterocycles. The van der Waals surface area contributed by atoms with E-state index in [4.69, 9.17) is 5.26 Å². The van der Waals surface area contributed by atoms with E-state index in [0.29, 0.717) is 0 Å². The van der Waals surface area contributed by atoms with Gasteiger partial charge in [-0.15, -0.1) is 0 Å². The van der Waals surface area contributed by atoms with Crippen molar-refractivity contribution in [1.29, 1.82) is 5.26 Å². The molecule has 0 aromatic carbocycles. The van der Waals surface area contributed by atoms with Crippen LogP contribution >= 0.6 is 0 Å². The monoisotopic (exact) mass is 191 g/mol. The van der Waals surface area contributed by atoms with E-state index in [1.807, 2.05) is 46.8 Å². The third-order valence-corrected chi connectivity index (χ3v) is 1.54. The van der Waals surface area contributed by atoms with E-state index < -0.39 is 0 Å². The molecule has 0 saturated carbocycles. The van der Waals surface area contributed by atoms with Crippen LogP contribution in [0, 0.1) is 17.2 Å². The minimum absolute atomic E-state index is 0.0712. The largest absolute Gasteiger partial charge is 0.198 e. The summed E-state index contributed by atoms with van der Waals surface area (Å²) >= 11 is 0. The molecule has 1 atom stereocenters. The van der Waals surface area contributed by atoms with Crippen LogP contribution in [0.2, 0.25) is 0 Å². The highest BCUT2D eigenvalue weighted by Crippen LogP contribution is 2.10. The highest BCUT2D eigenvalue weighted by molar-refractivity contribution is 5.28. The second kappa shape index (κ2) is 9.80. The molecule has 0 aromatic rings. The van der Waals surface area contributed by atoms with Gasteiger partial charge in [0, 0.05) is 0 Å². The average Bonchev–Trinajstić information content (AvgIpc) is 2.21. The van der Waals surface area contributed by atoms with Crippen molar-refractivity contribution in [2.45, 2.75) is 34.6 Å². The fourth-order valence-corrected chi connectivity index (χ4v) is 0.727. The first-order valence-electron chi connectivity index (χ1n) is 4.99. The summed E-state index contributed by atoms with van der Waals surface area (Å²) in [7, 11) is 0. The van der Waals surface area contributed by atoms with E-state index in [0.717, 1.165) is 5.57 Å². The topological polar surface area (TPSA) is 23.8 Å². The highest BCUT2D eigenvalue weighted by Gasteiger charge is 2.00. The van der Waals surface area contributed by atoms with Gasteiger partial charge in [-0.05, 0) is 26.3 Å². The van der Waals surface area contributed by atoms with Crippen LogP contribution in [0.4, 0.5) is 0 Å². The molecule has 14 heavy (non-hydrogen) atoms. The number of hydrogen-bond donors (Lipinski definition) is 0. The maximum atomic E-state index is 8.64. The molecular formula is C13H21N. The Hall–Kier alpha value is -1.29. The molecule has 0 heterocycles. The van der Waals surface area contributed by atoms with Crippen molar-refractivity contribution >= 4 is 0 Å². The van der Waals surface area contributed by atoms with Crippen LogP contribution in [-0.4, -0.2) is 0 Å². The molecule has 78 valence electrons. The zero-order valence-corrected chi connectivity index (χ0v) is 9.96. The van der Waals surface area contributed by atoms with Gasteiger partial charge in [0.2, 0.25) is 0 Å². The maximum absolute atomic E-state index is 8.64. The zero-order valence-electron chi connectivity index (χ0n) is 9.96. The maximum Gasteiger partial charge on any atom is 0.0700 e. The van der Waals surface area contributed by atoms with E-state index in [1.165, 1.54) is 5.57 Å². The Kier molecular flexibility index (Phi) is 10.6. The van der Waals surface area contributed by atoms with Crippen molar-refractivity contribution in [3.63, 3.8) is 0 Å². The van der Waals surface area contributed by atoms with Gasteiger partial charge < -0.3 is 0 Å². The lowest BCUT2D eigenvalue weighted by Crippen LogP contribution is -1.91. The molecule has 1 nitrogen and oxygen atoms in total. The van der Waals surface area contributed by atoms with Crippen LogP contribution in [0.1, 0.15) is 34.6 Å². The number of allylic oxidation sites excluding steroid dienone is 5. The molecule has 0 aromatic heterocycles. The molecule has 0 rings (SSSR count). The van der Waals surface area contributed by atoms with E-state index in [2.05, 4.69) is 12.6 Å². The third kappa shape index (κ3) is 7.36. The number of nitrogens with zero attached hydrogens (tertiary/aromatic N) is 1. The summed E-state index contributed by atoms with van der Waals surface area (Å²) in [5.74, 6) is -0.0712. The van der Waals surface area contributed by atoms with Crippen LogP contribution < -0.4 is 0 Å². The van der Waals surface area contributed by atoms with Crippen molar-refractivity contribution in [2.24, 2.45) is 5.92 Å². The molecule has 0 fully saturated rings. The number of hydrogen-bond acceptors (Lipinski definition) is 1. The molecular weight excluding hydrogens is 170 g/mol. The molecule has 0 spiro atoms. The summed E-state index contributed by atoms with van der Waals surface area (Å²) in [5.41, 5.74) is 2.19. The van der Waals surface area contributed by atoms with Gasteiger partial charge >= 0.3 is 0 Å². The minimum Gasteiger partial charge on any atom is -0.198 e. The van der Waals surface area contributed by atoms with Gasteiger partial charge in [-0.2, -0.15) is 5.26 Å². The Labute approximate surface area is 88.4 Å². The Morgan fingerprint density at radius 3 is 2.07 bits per heavy atom. The van der Waals surface area contributed by atoms with Crippen LogP contribution in [0.15, 0.2) is 36.0 Å². The smallest absolute Gasteiger partial charge is 0.0700 e. The summed E-state index contributed by atoms with van der Waals surface area (Å²) < 4.78 is 0. The second-order valence-electron chi connectivity index (χ2n) is 2.97. The van der Waals surface area contributed by atoms with Crippen molar-refractivity contribution < 1.29 is 0 Å². The van der Waals surface area contributed by atoms with Crippen molar-refractivity contribution in [1.82, 2.24) is 0 Å². The van der Waals surface area contributed by atoms with Gasteiger partial charge in [0.1, 0.15) is 0 Å². The zero-order chi connectivity index (χ0) is 11.6. The van der Waals surface area contributed by atoms with Crippen LogP contribution in [-0.2, 0) is 0 Å². The fourth-order valence-electron chi connectivity index (χ4n) is 0.727. The van der Waals surface area contributed by atoms with Crippen LogP contribution in [0.3, 0.4) is 0 Å². The molecule has 0 N–H and O–H groups in total. The van der Waals surface area contributed by atoms with Crippen molar-refractivity contribution in [3.8, 4) is 6.07 Å². The van der Waals surface area contributed by atoms with E-state index in [9.17, 15) is 0 Å². The summed E-state index contributed by atoms with van der Waals surface area (Å²) in [5, 5.41) is 8.64. The Morgan fingerprint density at radius 1 is 1.29 bits per heavy atom. The van der Waals surface area contributed by atoms with E-state index in [-0.39, 0.29) is 5.92 Å². The first-order valence-corrected chi connectivity index (χ1v) is 4.99. The predicted molar refractivity (Wildman–Crippen MR) is 63.8 cm³/mol. The fraction of sp³-hybridized carbons (Fsp3) is 0.462. The Bertz CT molecular complexity index is 247. The Morgan fingerprint density at radius 2 is 1.79 bits per heavy atom. The lowest BCUT2D eigenvalue weighted by Gasteiger charge is -2.00. The van der Waals surface area contributed by atoms with Gasteiger partial charge in [0.15, 0.2) is 0 Å². The number of rotatable bonds is 3. The van der Waals surface area contributed by atoms with Gasteiger partial charge in [-0.1, -0.05) is 44.2 Å². The van der Waals surface area contributed by atoms with E-state index in [1.54, 1.807) is 6.08 Å². The summed E-state index contributed by atoms with van der Waals surface area (Å²) in [6, 6.07) is 2.17. The molecule has 1 heteroatoms. The summed E-state index contributed by atoms with van der Waals surface area (Å²) in [6.45, 7) is 13.6. The minimum atomic E-state index is -0.0712. The van der Waals surface area contributed by atoms with Crippen LogP contribution in [0.5, 0.6) is 0 Å².